The van der Waals surface area contributed by atoms with Gasteiger partial charge in [-0.2, -0.15) is 4.98 Å². The van der Waals surface area contributed by atoms with E-state index in [-0.39, 0.29) is 5.89 Å². The Kier molecular flexibility index (Phi) is 5.43. The highest BCUT2D eigenvalue weighted by atomic mass is 35.5. The van der Waals surface area contributed by atoms with Crippen LogP contribution >= 0.6 is 23.2 Å². The number of hydrogen-bond donors (Lipinski definition) is 0. The van der Waals surface area contributed by atoms with Crippen molar-refractivity contribution in [2.45, 2.75) is 0 Å². The van der Waals surface area contributed by atoms with E-state index in [1.54, 1.807) is 12.1 Å². The highest BCUT2D eigenvalue weighted by molar-refractivity contribution is 6.50. The van der Waals surface area contributed by atoms with Crippen molar-refractivity contribution in [2.75, 3.05) is 31.2 Å². The first-order chi connectivity index (χ1) is 13.2. The second kappa shape index (κ2) is 8.13. The SMILES string of the molecule is Cl/C(=C\c1ccc(N2CCOCC2)cc1)c1nc(-c2ccc(Cl)cc2)no1. The number of aromatic nitrogens is 2. The summed E-state index contributed by atoms with van der Waals surface area (Å²) in [5, 5.41) is 5.03. The lowest BCUT2D eigenvalue weighted by Gasteiger charge is -2.28. The van der Waals surface area contributed by atoms with Gasteiger partial charge < -0.3 is 14.2 Å². The van der Waals surface area contributed by atoms with Crippen molar-refractivity contribution >= 4 is 40.0 Å². The minimum absolute atomic E-state index is 0.277. The van der Waals surface area contributed by atoms with E-state index in [0.29, 0.717) is 15.9 Å². The molecule has 1 aliphatic rings. The van der Waals surface area contributed by atoms with Gasteiger partial charge in [0.15, 0.2) is 0 Å². The molecule has 2 heterocycles. The Hall–Kier alpha value is -2.34. The minimum Gasteiger partial charge on any atom is -0.378 e. The minimum atomic E-state index is 0.277. The lowest BCUT2D eigenvalue weighted by atomic mass is 10.1. The van der Waals surface area contributed by atoms with E-state index in [0.717, 1.165) is 37.4 Å². The van der Waals surface area contributed by atoms with Crippen molar-refractivity contribution in [3.8, 4) is 11.4 Å². The van der Waals surface area contributed by atoms with E-state index in [9.17, 15) is 0 Å². The molecule has 1 fully saturated rings. The smallest absolute Gasteiger partial charge is 0.269 e. The zero-order valence-electron chi connectivity index (χ0n) is 14.4. The number of anilines is 1. The van der Waals surface area contributed by atoms with E-state index in [2.05, 4.69) is 27.2 Å². The Morgan fingerprint density at radius 1 is 1.00 bits per heavy atom. The van der Waals surface area contributed by atoms with Gasteiger partial charge in [-0.25, -0.2) is 0 Å². The van der Waals surface area contributed by atoms with Crippen molar-refractivity contribution < 1.29 is 9.26 Å². The summed E-state index contributed by atoms with van der Waals surface area (Å²) in [6, 6.07) is 15.4. The van der Waals surface area contributed by atoms with Crippen LogP contribution in [0.15, 0.2) is 53.1 Å². The maximum absolute atomic E-state index is 6.37. The maximum atomic E-state index is 6.37. The molecule has 27 heavy (non-hydrogen) atoms. The van der Waals surface area contributed by atoms with Gasteiger partial charge in [0.25, 0.3) is 5.89 Å². The molecule has 5 nitrogen and oxygen atoms in total. The Labute approximate surface area is 167 Å². The fourth-order valence-electron chi connectivity index (χ4n) is 2.85. The summed E-state index contributed by atoms with van der Waals surface area (Å²) in [6.45, 7) is 3.35. The number of hydrogen-bond acceptors (Lipinski definition) is 5. The summed E-state index contributed by atoms with van der Waals surface area (Å²) < 4.78 is 10.7. The van der Waals surface area contributed by atoms with Crippen LogP contribution in [0.1, 0.15) is 11.5 Å². The van der Waals surface area contributed by atoms with Crippen LogP contribution in [0.25, 0.3) is 22.5 Å². The summed E-state index contributed by atoms with van der Waals surface area (Å²) in [4.78, 5) is 6.65. The molecule has 0 radical (unpaired) electrons. The Morgan fingerprint density at radius 2 is 1.70 bits per heavy atom. The molecule has 1 aliphatic heterocycles. The van der Waals surface area contributed by atoms with Crippen molar-refractivity contribution in [1.82, 2.24) is 10.1 Å². The average Bonchev–Trinajstić information content (AvgIpc) is 3.20. The summed E-state index contributed by atoms with van der Waals surface area (Å²) >= 11 is 12.3. The monoisotopic (exact) mass is 401 g/mol. The van der Waals surface area contributed by atoms with Gasteiger partial charge in [-0.15, -0.1) is 0 Å². The van der Waals surface area contributed by atoms with Crippen molar-refractivity contribution in [2.24, 2.45) is 0 Å². The number of ether oxygens (including phenoxy) is 1. The van der Waals surface area contributed by atoms with Crippen LogP contribution < -0.4 is 4.90 Å². The highest BCUT2D eigenvalue weighted by Crippen LogP contribution is 2.25. The average molecular weight is 402 g/mol. The van der Waals surface area contributed by atoms with Gasteiger partial charge >= 0.3 is 0 Å². The summed E-state index contributed by atoms with van der Waals surface area (Å²) in [5.41, 5.74) is 2.95. The van der Waals surface area contributed by atoms with Crippen LogP contribution in [0.5, 0.6) is 0 Å². The van der Waals surface area contributed by atoms with E-state index >= 15 is 0 Å². The first-order valence-corrected chi connectivity index (χ1v) is 9.34. The molecule has 0 aliphatic carbocycles. The van der Waals surface area contributed by atoms with E-state index in [1.165, 1.54) is 5.69 Å². The van der Waals surface area contributed by atoms with Gasteiger partial charge in [-0.05, 0) is 48.0 Å². The fraction of sp³-hybridized carbons (Fsp3) is 0.200. The fourth-order valence-corrected chi connectivity index (χ4v) is 3.18. The number of halogens is 2. The maximum Gasteiger partial charge on any atom is 0.269 e. The summed E-state index contributed by atoms with van der Waals surface area (Å²) in [6.07, 6.45) is 1.81. The Bertz CT molecular complexity index is 931. The van der Waals surface area contributed by atoms with E-state index in [4.69, 9.17) is 32.5 Å². The van der Waals surface area contributed by atoms with Crippen LogP contribution in [-0.2, 0) is 4.74 Å². The first-order valence-electron chi connectivity index (χ1n) is 8.59. The van der Waals surface area contributed by atoms with Crippen molar-refractivity contribution in [3.63, 3.8) is 0 Å². The normalized spacial score (nSPS) is 15.2. The molecule has 1 aromatic heterocycles. The zero-order chi connectivity index (χ0) is 18.6. The molecule has 2 aromatic carbocycles. The number of nitrogens with zero attached hydrogens (tertiary/aromatic N) is 3. The second-order valence-corrected chi connectivity index (χ2v) is 6.96. The molecule has 1 saturated heterocycles. The van der Waals surface area contributed by atoms with Crippen LogP contribution in [0, 0.1) is 0 Å². The first kappa shape index (κ1) is 18.0. The largest absolute Gasteiger partial charge is 0.378 e. The van der Waals surface area contributed by atoms with Gasteiger partial charge in [-0.3, -0.25) is 0 Å². The third-order valence-corrected chi connectivity index (χ3v) is 4.82. The molecule has 7 heteroatoms. The van der Waals surface area contributed by atoms with Crippen molar-refractivity contribution in [3.05, 3.63) is 65.0 Å². The molecule has 0 amide bonds. The molecule has 138 valence electrons. The Morgan fingerprint density at radius 3 is 2.41 bits per heavy atom. The molecule has 0 spiro atoms. The van der Waals surface area contributed by atoms with Crippen LogP contribution in [-0.4, -0.2) is 36.4 Å². The quantitative estimate of drug-likeness (QED) is 0.617. The summed E-state index contributed by atoms with van der Waals surface area (Å²) in [5.74, 6) is 0.745. The molecule has 0 bridgehead atoms. The van der Waals surface area contributed by atoms with Gasteiger partial charge in [0.1, 0.15) is 5.03 Å². The van der Waals surface area contributed by atoms with Gasteiger partial charge in [0.05, 0.1) is 13.2 Å². The van der Waals surface area contributed by atoms with E-state index in [1.807, 2.05) is 30.3 Å². The molecule has 3 aromatic rings. The topological polar surface area (TPSA) is 51.4 Å². The predicted octanol–water partition coefficient (Wildman–Crippen LogP) is 4.96. The predicted molar refractivity (Wildman–Crippen MR) is 108 cm³/mol. The molecule has 0 unspecified atom stereocenters. The van der Waals surface area contributed by atoms with Gasteiger partial charge in [0.2, 0.25) is 5.82 Å². The Balaban J connectivity index is 1.49. The highest BCUT2D eigenvalue weighted by Gasteiger charge is 2.13. The van der Waals surface area contributed by atoms with Crippen molar-refractivity contribution in [1.29, 1.82) is 0 Å². The molecule has 4 rings (SSSR count). The van der Waals surface area contributed by atoms with Gasteiger partial charge in [-0.1, -0.05) is 40.5 Å². The third kappa shape index (κ3) is 4.33. The molecule has 0 atom stereocenters. The lowest BCUT2D eigenvalue weighted by molar-refractivity contribution is 0.122. The second-order valence-electron chi connectivity index (χ2n) is 6.11. The molecular weight excluding hydrogens is 385 g/mol. The van der Waals surface area contributed by atoms with Crippen LogP contribution in [0.4, 0.5) is 5.69 Å². The van der Waals surface area contributed by atoms with Gasteiger partial charge in [0, 0.05) is 29.4 Å². The number of benzene rings is 2. The standard InChI is InChI=1S/C20H17Cl2N3O2/c21-16-5-3-15(4-6-16)19-23-20(27-24-19)18(22)13-14-1-7-17(8-2-14)25-9-11-26-12-10-25/h1-8,13H,9-12H2/b18-13-. The van der Waals surface area contributed by atoms with Crippen LogP contribution in [0.2, 0.25) is 5.02 Å². The van der Waals surface area contributed by atoms with Crippen LogP contribution in [0.3, 0.4) is 0 Å². The third-order valence-electron chi connectivity index (χ3n) is 4.30. The molecule has 0 N–H and O–H groups in total. The molecule has 0 saturated carbocycles. The number of rotatable bonds is 4. The van der Waals surface area contributed by atoms with E-state index < -0.39 is 0 Å². The lowest BCUT2D eigenvalue weighted by Crippen LogP contribution is -2.36. The molecular formula is C20H17Cl2N3O2. The zero-order valence-corrected chi connectivity index (χ0v) is 16.0. The number of morpholine rings is 1. The summed E-state index contributed by atoms with van der Waals surface area (Å²) in [7, 11) is 0.